The zero-order valence-corrected chi connectivity index (χ0v) is 12.9. The summed E-state index contributed by atoms with van der Waals surface area (Å²) in [5.41, 5.74) is 0.596. The Morgan fingerprint density at radius 2 is 1.83 bits per heavy atom. The Kier molecular flexibility index (Phi) is 4.75. The molecule has 2 aromatic rings. The van der Waals surface area contributed by atoms with Gasteiger partial charge in [0.2, 0.25) is 0 Å². The van der Waals surface area contributed by atoms with Crippen LogP contribution < -0.4 is 0 Å². The summed E-state index contributed by atoms with van der Waals surface area (Å²) in [6, 6.07) is 11.1. The number of ether oxygens (including phenoxy) is 1. The largest absolute Gasteiger partial charge is 0.457 e. The number of esters is 1. The fourth-order valence-electron chi connectivity index (χ4n) is 1.83. The summed E-state index contributed by atoms with van der Waals surface area (Å²) < 4.78 is 27.7. The first kappa shape index (κ1) is 16.6. The van der Waals surface area contributed by atoms with Crippen molar-refractivity contribution in [1.82, 2.24) is 0 Å². The second kappa shape index (κ2) is 6.57. The molecule has 0 saturated carbocycles. The number of nitro groups is 1. The number of nitro benzene ring substituents is 1. The summed E-state index contributed by atoms with van der Waals surface area (Å²) in [7, 11) is -3.33. The number of carbonyl (C=O) groups is 1. The number of rotatable bonds is 5. The molecule has 0 radical (unpaired) electrons. The molecule has 2 aromatic carbocycles. The quantitative estimate of drug-likeness (QED) is 0.472. The van der Waals surface area contributed by atoms with Crippen LogP contribution in [0.1, 0.15) is 15.9 Å². The Morgan fingerprint density at radius 3 is 2.39 bits per heavy atom. The molecule has 0 heterocycles. The molecular formula is C15H13NO6S. The smallest absolute Gasteiger partial charge is 0.338 e. The number of benzene rings is 2. The van der Waals surface area contributed by atoms with Crippen molar-refractivity contribution in [2.75, 3.05) is 6.26 Å². The zero-order chi connectivity index (χ0) is 17.0. The highest BCUT2D eigenvalue weighted by molar-refractivity contribution is 7.90. The average Bonchev–Trinajstić information content (AvgIpc) is 2.52. The maximum Gasteiger partial charge on any atom is 0.338 e. The average molecular weight is 335 g/mol. The van der Waals surface area contributed by atoms with Crippen LogP contribution in [0.3, 0.4) is 0 Å². The molecule has 0 unspecified atom stereocenters. The van der Waals surface area contributed by atoms with E-state index in [1.54, 1.807) is 6.07 Å². The van der Waals surface area contributed by atoms with E-state index in [2.05, 4.69) is 0 Å². The van der Waals surface area contributed by atoms with Gasteiger partial charge in [-0.2, -0.15) is 0 Å². The van der Waals surface area contributed by atoms with Crippen LogP contribution in [0.25, 0.3) is 0 Å². The summed E-state index contributed by atoms with van der Waals surface area (Å²) in [6.45, 7) is -0.117. The van der Waals surface area contributed by atoms with Gasteiger partial charge in [-0.15, -0.1) is 0 Å². The van der Waals surface area contributed by atoms with Crippen molar-refractivity contribution >= 4 is 21.5 Å². The summed E-state index contributed by atoms with van der Waals surface area (Å²) in [4.78, 5) is 22.1. The SMILES string of the molecule is CS(=O)(=O)c1ccc(C(=O)OCc2cccc([N+](=O)[O-])c2)cc1. The van der Waals surface area contributed by atoms with E-state index in [-0.39, 0.29) is 22.8 Å². The van der Waals surface area contributed by atoms with E-state index in [9.17, 15) is 23.3 Å². The lowest BCUT2D eigenvalue weighted by atomic mass is 10.2. The number of sulfone groups is 1. The third-order valence-corrected chi connectivity index (χ3v) is 4.14. The van der Waals surface area contributed by atoms with Crippen LogP contribution >= 0.6 is 0 Å². The van der Waals surface area contributed by atoms with Crippen LogP contribution in [0.5, 0.6) is 0 Å². The van der Waals surface area contributed by atoms with E-state index >= 15 is 0 Å². The summed E-state index contributed by atoms with van der Waals surface area (Å²) in [5.74, 6) is -0.642. The van der Waals surface area contributed by atoms with E-state index in [4.69, 9.17) is 4.74 Å². The van der Waals surface area contributed by atoms with Gasteiger partial charge in [-0.3, -0.25) is 10.1 Å². The molecule has 0 aliphatic heterocycles. The Labute approximate surface area is 132 Å². The van der Waals surface area contributed by atoms with Crippen LogP contribution in [-0.2, 0) is 21.2 Å². The van der Waals surface area contributed by atoms with Crippen LogP contribution in [0, 0.1) is 10.1 Å². The van der Waals surface area contributed by atoms with Gasteiger partial charge in [0.05, 0.1) is 15.4 Å². The number of hydrogen-bond donors (Lipinski definition) is 0. The topological polar surface area (TPSA) is 104 Å². The molecule has 23 heavy (non-hydrogen) atoms. The van der Waals surface area contributed by atoms with Crippen LogP contribution in [0.4, 0.5) is 5.69 Å². The van der Waals surface area contributed by atoms with Crippen molar-refractivity contribution < 1.29 is 22.9 Å². The van der Waals surface area contributed by atoms with E-state index in [0.29, 0.717) is 5.56 Å². The number of carbonyl (C=O) groups excluding carboxylic acids is 1. The second-order valence-electron chi connectivity index (χ2n) is 4.80. The molecular weight excluding hydrogens is 322 g/mol. The fraction of sp³-hybridized carbons (Fsp3) is 0.133. The minimum Gasteiger partial charge on any atom is -0.457 e. The Bertz CT molecular complexity index is 843. The van der Waals surface area contributed by atoms with E-state index in [1.165, 1.54) is 42.5 Å². The second-order valence-corrected chi connectivity index (χ2v) is 6.82. The minimum absolute atomic E-state index is 0.0870. The maximum atomic E-state index is 11.9. The predicted octanol–water partition coefficient (Wildman–Crippen LogP) is 2.36. The fourth-order valence-corrected chi connectivity index (χ4v) is 2.46. The van der Waals surface area contributed by atoms with E-state index in [1.807, 2.05) is 0 Å². The van der Waals surface area contributed by atoms with Crippen molar-refractivity contribution in [3.63, 3.8) is 0 Å². The lowest BCUT2D eigenvalue weighted by Gasteiger charge is -2.05. The van der Waals surface area contributed by atoms with Crippen molar-refractivity contribution in [3.8, 4) is 0 Å². The highest BCUT2D eigenvalue weighted by atomic mass is 32.2. The lowest BCUT2D eigenvalue weighted by Crippen LogP contribution is -2.06. The first-order valence-corrected chi connectivity index (χ1v) is 8.37. The first-order chi connectivity index (χ1) is 10.8. The standard InChI is InChI=1S/C15H13NO6S/c1-23(20,21)14-7-5-12(6-8-14)15(17)22-10-11-3-2-4-13(9-11)16(18)19/h2-9H,10H2,1H3. The Morgan fingerprint density at radius 1 is 1.17 bits per heavy atom. The maximum absolute atomic E-state index is 11.9. The van der Waals surface area contributed by atoms with Gasteiger partial charge in [0.25, 0.3) is 5.69 Å². The zero-order valence-electron chi connectivity index (χ0n) is 12.1. The number of nitrogens with zero attached hydrogens (tertiary/aromatic N) is 1. The van der Waals surface area contributed by atoms with Gasteiger partial charge < -0.3 is 4.74 Å². The van der Waals surface area contributed by atoms with E-state index < -0.39 is 20.7 Å². The van der Waals surface area contributed by atoms with Crippen LogP contribution in [-0.4, -0.2) is 25.6 Å². The van der Waals surface area contributed by atoms with Crippen molar-refractivity contribution in [2.45, 2.75) is 11.5 Å². The van der Waals surface area contributed by atoms with Gasteiger partial charge in [-0.1, -0.05) is 12.1 Å². The molecule has 0 spiro atoms. The lowest BCUT2D eigenvalue weighted by molar-refractivity contribution is -0.384. The molecule has 2 rings (SSSR count). The summed E-state index contributed by atoms with van der Waals surface area (Å²) >= 11 is 0. The molecule has 0 aromatic heterocycles. The normalized spacial score (nSPS) is 11.0. The van der Waals surface area contributed by atoms with Gasteiger partial charge in [0.1, 0.15) is 6.61 Å². The predicted molar refractivity (Wildman–Crippen MR) is 81.8 cm³/mol. The molecule has 8 heteroatoms. The molecule has 0 N–H and O–H groups in total. The highest BCUT2D eigenvalue weighted by Crippen LogP contribution is 2.15. The first-order valence-electron chi connectivity index (χ1n) is 6.48. The summed E-state index contributed by atoms with van der Waals surface area (Å²) in [5, 5.41) is 10.7. The molecule has 0 aliphatic carbocycles. The monoisotopic (exact) mass is 335 g/mol. The third kappa shape index (κ3) is 4.36. The number of non-ortho nitro benzene ring substituents is 1. The highest BCUT2D eigenvalue weighted by Gasteiger charge is 2.12. The van der Waals surface area contributed by atoms with Crippen molar-refractivity contribution in [2.24, 2.45) is 0 Å². The molecule has 0 atom stereocenters. The van der Waals surface area contributed by atoms with Gasteiger partial charge in [0, 0.05) is 18.4 Å². The van der Waals surface area contributed by atoms with Gasteiger partial charge in [-0.25, -0.2) is 13.2 Å². The molecule has 0 fully saturated rings. The van der Waals surface area contributed by atoms with Gasteiger partial charge >= 0.3 is 5.97 Å². The van der Waals surface area contributed by atoms with Gasteiger partial charge in [-0.05, 0) is 29.8 Å². The van der Waals surface area contributed by atoms with Crippen molar-refractivity contribution in [1.29, 1.82) is 0 Å². The molecule has 0 amide bonds. The van der Waals surface area contributed by atoms with Crippen LogP contribution in [0.2, 0.25) is 0 Å². The molecule has 120 valence electrons. The Hall–Kier alpha value is -2.74. The van der Waals surface area contributed by atoms with Crippen LogP contribution in [0.15, 0.2) is 53.4 Å². The molecule has 0 bridgehead atoms. The van der Waals surface area contributed by atoms with E-state index in [0.717, 1.165) is 6.26 Å². The van der Waals surface area contributed by atoms with Gasteiger partial charge in [0.15, 0.2) is 9.84 Å². The number of hydrogen-bond acceptors (Lipinski definition) is 6. The van der Waals surface area contributed by atoms with Crippen molar-refractivity contribution in [3.05, 3.63) is 69.8 Å². The third-order valence-electron chi connectivity index (χ3n) is 3.01. The molecule has 7 nitrogen and oxygen atoms in total. The minimum atomic E-state index is -3.33. The molecule has 0 aliphatic rings. The molecule has 0 saturated heterocycles. The Balaban J connectivity index is 2.05. The summed E-state index contributed by atoms with van der Waals surface area (Å²) in [6.07, 6.45) is 1.07.